The first-order chi connectivity index (χ1) is 14.0. The van der Waals surface area contributed by atoms with Crippen LogP contribution in [0.3, 0.4) is 0 Å². The fourth-order valence-corrected chi connectivity index (χ4v) is 6.05. The number of likely N-dealkylation sites (tertiary alicyclic amines) is 1. The van der Waals surface area contributed by atoms with Gasteiger partial charge in [-0.05, 0) is 55.5 Å². The molecule has 1 amide bonds. The number of hydrogen-bond donors (Lipinski definition) is 0. The van der Waals surface area contributed by atoms with Gasteiger partial charge in [-0.2, -0.15) is 4.31 Å². The Bertz CT molecular complexity index is 963. The third-order valence-electron chi connectivity index (χ3n) is 5.91. The number of nitrogens with zero attached hydrogens (tertiary/aromatic N) is 2. The number of carbonyl (C=O) groups is 1. The van der Waals surface area contributed by atoms with Crippen LogP contribution in [0.5, 0.6) is 0 Å². The van der Waals surface area contributed by atoms with Crippen LogP contribution in [0.2, 0.25) is 5.02 Å². The van der Waals surface area contributed by atoms with Gasteiger partial charge in [-0.3, -0.25) is 4.79 Å². The van der Waals surface area contributed by atoms with Gasteiger partial charge in [-0.15, -0.1) is 0 Å². The van der Waals surface area contributed by atoms with Gasteiger partial charge < -0.3 is 4.90 Å². The Morgan fingerprint density at radius 2 is 1.62 bits per heavy atom. The Balaban J connectivity index is 1.50. The molecule has 0 aliphatic carbocycles. The summed E-state index contributed by atoms with van der Waals surface area (Å²) in [6.45, 7) is 1.41. The van der Waals surface area contributed by atoms with Crippen molar-refractivity contribution >= 4 is 27.5 Å². The number of carbonyl (C=O) groups excluding carboxylic acids is 1. The van der Waals surface area contributed by atoms with Crippen LogP contribution in [0.25, 0.3) is 0 Å². The lowest BCUT2D eigenvalue weighted by Crippen LogP contribution is -2.46. The molecule has 154 valence electrons. The van der Waals surface area contributed by atoms with E-state index in [2.05, 4.69) is 12.1 Å². The third-order valence-corrected chi connectivity index (χ3v) is 8.04. The van der Waals surface area contributed by atoms with E-state index in [4.69, 9.17) is 11.6 Å². The lowest BCUT2D eigenvalue weighted by molar-refractivity contribution is -0.137. The molecule has 2 atom stereocenters. The van der Waals surface area contributed by atoms with E-state index >= 15 is 0 Å². The predicted molar refractivity (Wildman–Crippen MR) is 113 cm³/mol. The van der Waals surface area contributed by atoms with Crippen LogP contribution in [0.1, 0.15) is 37.3 Å². The van der Waals surface area contributed by atoms with Gasteiger partial charge >= 0.3 is 0 Å². The number of benzene rings is 2. The van der Waals surface area contributed by atoms with Gasteiger partial charge in [0.15, 0.2) is 0 Å². The second-order valence-corrected chi connectivity index (χ2v) is 10.1. The lowest BCUT2D eigenvalue weighted by Gasteiger charge is -2.35. The summed E-state index contributed by atoms with van der Waals surface area (Å²) in [5, 5.41) is 0.497. The summed E-state index contributed by atoms with van der Waals surface area (Å²) in [7, 11) is -3.63. The van der Waals surface area contributed by atoms with Crippen LogP contribution in [0.15, 0.2) is 59.5 Å². The highest BCUT2D eigenvalue weighted by Crippen LogP contribution is 2.35. The number of halogens is 1. The predicted octanol–water partition coefficient (Wildman–Crippen LogP) is 4.10. The quantitative estimate of drug-likeness (QED) is 0.730. The van der Waals surface area contributed by atoms with E-state index in [0.29, 0.717) is 18.0 Å². The Morgan fingerprint density at radius 1 is 0.931 bits per heavy atom. The van der Waals surface area contributed by atoms with Crippen molar-refractivity contribution in [2.45, 2.75) is 36.6 Å². The molecule has 2 aromatic carbocycles. The maximum absolute atomic E-state index is 13.3. The Labute approximate surface area is 177 Å². The monoisotopic (exact) mass is 432 g/mol. The van der Waals surface area contributed by atoms with Gasteiger partial charge in [0.25, 0.3) is 0 Å². The van der Waals surface area contributed by atoms with Crippen molar-refractivity contribution in [2.24, 2.45) is 5.92 Å². The smallest absolute Gasteiger partial charge is 0.243 e. The van der Waals surface area contributed by atoms with E-state index in [1.165, 1.54) is 16.4 Å². The molecule has 2 aliphatic rings. The number of rotatable bonds is 4. The minimum atomic E-state index is -3.63. The molecule has 0 unspecified atom stereocenters. The topological polar surface area (TPSA) is 57.7 Å². The zero-order valence-electron chi connectivity index (χ0n) is 16.2. The van der Waals surface area contributed by atoms with Crippen molar-refractivity contribution in [1.82, 2.24) is 9.21 Å². The molecular weight excluding hydrogens is 408 g/mol. The maximum atomic E-state index is 13.3. The lowest BCUT2D eigenvalue weighted by atomic mass is 9.96. The van der Waals surface area contributed by atoms with Crippen LogP contribution < -0.4 is 0 Å². The van der Waals surface area contributed by atoms with E-state index in [-0.39, 0.29) is 29.3 Å². The number of piperidine rings is 1. The number of hydrogen-bond acceptors (Lipinski definition) is 3. The SMILES string of the molecule is O=C([C@H]1CCCN(S(=O)(=O)c2ccc(Cl)cc2)C1)N1CCC[C@@H]1c1ccccc1. The normalized spacial score (nSPS) is 23.3. The van der Waals surface area contributed by atoms with Gasteiger partial charge in [0.05, 0.1) is 16.9 Å². The van der Waals surface area contributed by atoms with E-state index < -0.39 is 10.0 Å². The molecule has 2 aliphatic heterocycles. The fraction of sp³-hybridized carbons (Fsp3) is 0.409. The minimum Gasteiger partial charge on any atom is -0.335 e. The molecule has 0 N–H and O–H groups in total. The first kappa shape index (κ1) is 20.4. The molecule has 0 bridgehead atoms. The molecule has 0 radical (unpaired) electrons. The average Bonchev–Trinajstić information content (AvgIpc) is 3.24. The first-order valence-corrected chi connectivity index (χ1v) is 11.9. The van der Waals surface area contributed by atoms with Crippen LogP contribution in [0.4, 0.5) is 0 Å². The zero-order chi connectivity index (χ0) is 20.4. The highest BCUT2D eigenvalue weighted by atomic mass is 35.5. The summed E-state index contributed by atoms with van der Waals surface area (Å²) in [6, 6.07) is 16.4. The molecule has 0 spiro atoms. The standard InChI is InChI=1S/C22H25ClN2O3S/c23-19-10-12-20(13-11-19)29(27,28)24-14-4-8-18(16-24)22(26)25-15-5-9-21(25)17-6-2-1-3-7-17/h1-3,6-7,10-13,18,21H,4-5,8-9,14-16H2/t18-,21+/m0/s1. The van der Waals surface area contributed by atoms with E-state index in [1.807, 2.05) is 23.1 Å². The Kier molecular flexibility index (Phi) is 5.95. The molecule has 4 rings (SSSR count). The summed E-state index contributed by atoms with van der Waals surface area (Å²) in [6.07, 6.45) is 3.34. The van der Waals surface area contributed by atoms with E-state index in [9.17, 15) is 13.2 Å². The van der Waals surface area contributed by atoms with E-state index in [1.54, 1.807) is 12.1 Å². The van der Waals surface area contributed by atoms with Crippen molar-refractivity contribution in [3.8, 4) is 0 Å². The second-order valence-electron chi connectivity index (χ2n) is 7.76. The largest absolute Gasteiger partial charge is 0.335 e. The second kappa shape index (κ2) is 8.46. The van der Waals surface area contributed by atoms with Crippen molar-refractivity contribution in [3.05, 3.63) is 65.2 Å². The molecule has 2 heterocycles. The zero-order valence-corrected chi connectivity index (χ0v) is 17.8. The Morgan fingerprint density at radius 3 is 2.34 bits per heavy atom. The van der Waals surface area contributed by atoms with Gasteiger partial charge in [0, 0.05) is 24.7 Å². The average molecular weight is 433 g/mol. The summed E-state index contributed by atoms with van der Waals surface area (Å²) < 4.78 is 27.5. The molecule has 0 saturated carbocycles. The van der Waals surface area contributed by atoms with E-state index in [0.717, 1.165) is 31.4 Å². The summed E-state index contributed by atoms with van der Waals surface area (Å²) in [4.78, 5) is 15.5. The molecular formula is C22H25ClN2O3S. The van der Waals surface area contributed by atoms with Crippen LogP contribution in [0, 0.1) is 5.92 Å². The summed E-state index contributed by atoms with van der Waals surface area (Å²) in [5.41, 5.74) is 1.15. The molecule has 2 fully saturated rings. The third kappa shape index (κ3) is 4.20. The highest BCUT2D eigenvalue weighted by Gasteiger charge is 2.38. The van der Waals surface area contributed by atoms with Crippen molar-refractivity contribution in [3.63, 3.8) is 0 Å². The van der Waals surface area contributed by atoms with Crippen LogP contribution in [-0.2, 0) is 14.8 Å². The fourth-order valence-electron chi connectivity index (χ4n) is 4.40. The molecule has 7 heteroatoms. The van der Waals surface area contributed by atoms with Crippen molar-refractivity contribution in [2.75, 3.05) is 19.6 Å². The molecule has 29 heavy (non-hydrogen) atoms. The van der Waals surface area contributed by atoms with Gasteiger partial charge in [0.1, 0.15) is 0 Å². The minimum absolute atomic E-state index is 0.0763. The van der Waals surface area contributed by atoms with Gasteiger partial charge in [-0.1, -0.05) is 41.9 Å². The van der Waals surface area contributed by atoms with Gasteiger partial charge in [-0.25, -0.2) is 8.42 Å². The highest BCUT2D eigenvalue weighted by molar-refractivity contribution is 7.89. The molecule has 2 aromatic rings. The molecule has 0 aromatic heterocycles. The van der Waals surface area contributed by atoms with Crippen molar-refractivity contribution < 1.29 is 13.2 Å². The first-order valence-electron chi connectivity index (χ1n) is 10.1. The summed E-state index contributed by atoms with van der Waals surface area (Å²) >= 11 is 5.89. The molecule has 2 saturated heterocycles. The number of sulfonamides is 1. The van der Waals surface area contributed by atoms with Crippen molar-refractivity contribution in [1.29, 1.82) is 0 Å². The molecule has 5 nitrogen and oxygen atoms in total. The summed E-state index contributed by atoms with van der Waals surface area (Å²) in [5.74, 6) is -0.220. The van der Waals surface area contributed by atoms with Crippen LogP contribution in [-0.4, -0.2) is 43.2 Å². The maximum Gasteiger partial charge on any atom is 0.243 e. The van der Waals surface area contributed by atoms with Gasteiger partial charge in [0.2, 0.25) is 15.9 Å². The Hall–Kier alpha value is -1.89. The number of amides is 1. The van der Waals surface area contributed by atoms with Crippen LogP contribution >= 0.6 is 11.6 Å².